The molecule has 2 amide bonds. The van der Waals surface area contributed by atoms with E-state index in [1.54, 1.807) is 24.5 Å². The lowest BCUT2D eigenvalue weighted by atomic mass is 10.0. The van der Waals surface area contributed by atoms with Crippen LogP contribution in [0, 0.1) is 0 Å². The Balaban J connectivity index is 1.63. The Bertz CT molecular complexity index is 788. The van der Waals surface area contributed by atoms with Crippen LogP contribution in [-0.2, 0) is 0 Å². The highest BCUT2D eigenvalue weighted by molar-refractivity contribution is 5.89. The number of carbonyl (C=O) groups excluding carboxylic acids is 1. The van der Waals surface area contributed by atoms with Crippen molar-refractivity contribution in [3.8, 4) is 5.69 Å². The van der Waals surface area contributed by atoms with Crippen LogP contribution in [-0.4, -0.2) is 32.7 Å². The molecule has 0 aliphatic carbocycles. The number of carbonyl (C=O) groups is 1. The third-order valence-corrected chi connectivity index (χ3v) is 3.70. The maximum atomic E-state index is 12.3. The van der Waals surface area contributed by atoms with E-state index in [2.05, 4.69) is 20.8 Å². The summed E-state index contributed by atoms with van der Waals surface area (Å²) in [4.78, 5) is 13.7. The first kappa shape index (κ1) is 16.7. The predicted octanol–water partition coefficient (Wildman–Crippen LogP) is 2.51. The summed E-state index contributed by atoms with van der Waals surface area (Å²) in [7, 11) is 0. The van der Waals surface area contributed by atoms with Crippen molar-refractivity contribution >= 4 is 11.7 Å². The van der Waals surface area contributed by atoms with Crippen LogP contribution in [0.5, 0.6) is 0 Å². The van der Waals surface area contributed by atoms with E-state index in [0.717, 1.165) is 11.3 Å². The molecule has 3 rings (SSSR count). The van der Waals surface area contributed by atoms with Crippen molar-refractivity contribution in [2.75, 3.05) is 11.9 Å². The minimum absolute atomic E-state index is 0.00852. The Morgan fingerprint density at radius 2 is 1.72 bits per heavy atom. The second-order valence-electron chi connectivity index (χ2n) is 5.44. The van der Waals surface area contributed by atoms with Crippen LogP contribution in [0.3, 0.4) is 0 Å². The zero-order valence-corrected chi connectivity index (χ0v) is 13.5. The summed E-state index contributed by atoms with van der Waals surface area (Å²) in [5.74, 6) is 0. The van der Waals surface area contributed by atoms with E-state index in [1.165, 1.54) is 4.80 Å². The van der Waals surface area contributed by atoms with Gasteiger partial charge in [0, 0.05) is 12.3 Å². The Morgan fingerprint density at radius 3 is 2.36 bits per heavy atom. The smallest absolute Gasteiger partial charge is 0.319 e. The molecule has 3 N–H and O–H groups in total. The lowest BCUT2D eigenvalue weighted by molar-refractivity contribution is 0.239. The van der Waals surface area contributed by atoms with Gasteiger partial charge in [0.15, 0.2) is 0 Å². The van der Waals surface area contributed by atoms with Gasteiger partial charge in [-0.25, -0.2) is 4.79 Å². The number of hydrogen-bond acceptors (Lipinski definition) is 4. The van der Waals surface area contributed by atoms with Crippen molar-refractivity contribution in [2.24, 2.45) is 0 Å². The van der Waals surface area contributed by atoms with Gasteiger partial charge in [-0.1, -0.05) is 30.3 Å². The van der Waals surface area contributed by atoms with E-state index in [-0.39, 0.29) is 18.7 Å². The molecule has 0 fully saturated rings. The van der Waals surface area contributed by atoms with Crippen molar-refractivity contribution in [3.63, 3.8) is 0 Å². The molecule has 0 radical (unpaired) electrons. The lowest BCUT2D eigenvalue weighted by Crippen LogP contribution is -2.33. The number of amides is 2. The first-order valence-electron chi connectivity index (χ1n) is 7.96. The molecule has 1 atom stereocenters. The highest BCUT2D eigenvalue weighted by Crippen LogP contribution is 2.17. The van der Waals surface area contributed by atoms with Crippen molar-refractivity contribution < 1.29 is 9.90 Å². The number of nitrogens with zero attached hydrogens (tertiary/aromatic N) is 3. The van der Waals surface area contributed by atoms with Gasteiger partial charge in [0.05, 0.1) is 24.1 Å². The average Bonchev–Trinajstić information content (AvgIpc) is 3.17. The van der Waals surface area contributed by atoms with E-state index in [9.17, 15) is 9.90 Å². The molecule has 1 heterocycles. The third-order valence-electron chi connectivity index (χ3n) is 3.70. The highest BCUT2D eigenvalue weighted by Gasteiger charge is 2.14. The van der Waals surface area contributed by atoms with E-state index in [1.807, 2.05) is 42.5 Å². The molecule has 0 saturated heterocycles. The number of aliphatic hydroxyl groups is 1. The van der Waals surface area contributed by atoms with Gasteiger partial charge in [0.1, 0.15) is 0 Å². The van der Waals surface area contributed by atoms with Gasteiger partial charge in [-0.15, -0.1) is 0 Å². The first-order valence-corrected chi connectivity index (χ1v) is 7.96. The number of rotatable bonds is 6. The molecule has 7 nitrogen and oxygen atoms in total. The Kier molecular flexibility index (Phi) is 5.38. The van der Waals surface area contributed by atoms with Gasteiger partial charge in [0.2, 0.25) is 0 Å². The summed E-state index contributed by atoms with van der Waals surface area (Å²) < 4.78 is 0. The molecule has 0 spiro atoms. The third kappa shape index (κ3) is 4.42. The quantitative estimate of drug-likeness (QED) is 0.644. The van der Waals surface area contributed by atoms with E-state index in [4.69, 9.17) is 0 Å². The van der Waals surface area contributed by atoms with E-state index in [0.29, 0.717) is 12.1 Å². The van der Waals surface area contributed by atoms with Crippen molar-refractivity contribution in [1.82, 2.24) is 20.3 Å². The van der Waals surface area contributed by atoms with Gasteiger partial charge < -0.3 is 15.7 Å². The van der Waals surface area contributed by atoms with Crippen LogP contribution in [0.2, 0.25) is 0 Å². The fourth-order valence-corrected chi connectivity index (χ4v) is 2.49. The Labute approximate surface area is 145 Å². The van der Waals surface area contributed by atoms with Crippen LogP contribution in [0.1, 0.15) is 18.0 Å². The van der Waals surface area contributed by atoms with Crippen molar-refractivity contribution in [2.45, 2.75) is 12.5 Å². The van der Waals surface area contributed by atoms with Crippen molar-refractivity contribution in [3.05, 3.63) is 72.6 Å². The molecular formula is C18H19N5O2. The molecule has 3 aromatic rings. The average molecular weight is 337 g/mol. The van der Waals surface area contributed by atoms with Gasteiger partial charge >= 0.3 is 6.03 Å². The van der Waals surface area contributed by atoms with Gasteiger partial charge in [-0.05, 0) is 36.2 Å². The summed E-state index contributed by atoms with van der Waals surface area (Å²) >= 11 is 0. The Morgan fingerprint density at radius 1 is 1.04 bits per heavy atom. The van der Waals surface area contributed by atoms with Crippen LogP contribution >= 0.6 is 0 Å². The standard InChI is InChI=1S/C18H19N5O2/c24-13-10-17(14-4-2-1-3-5-14)22-18(25)21-15-6-8-16(9-7-15)23-19-11-12-20-23/h1-9,11-12,17,24H,10,13H2,(H2,21,22,25)/t17-/m1/s1. The van der Waals surface area contributed by atoms with Crippen LogP contribution in [0.25, 0.3) is 5.69 Å². The summed E-state index contributed by atoms with van der Waals surface area (Å²) in [5, 5.41) is 23.0. The van der Waals surface area contributed by atoms with Crippen LogP contribution < -0.4 is 10.6 Å². The maximum Gasteiger partial charge on any atom is 0.319 e. The maximum absolute atomic E-state index is 12.3. The van der Waals surface area contributed by atoms with Crippen molar-refractivity contribution in [1.29, 1.82) is 0 Å². The summed E-state index contributed by atoms with van der Waals surface area (Å²) in [5.41, 5.74) is 2.41. The molecule has 2 aromatic carbocycles. The lowest BCUT2D eigenvalue weighted by Gasteiger charge is -2.18. The molecule has 0 bridgehead atoms. The van der Waals surface area contributed by atoms with Gasteiger partial charge in [-0.3, -0.25) is 0 Å². The van der Waals surface area contributed by atoms with E-state index < -0.39 is 0 Å². The first-order chi connectivity index (χ1) is 12.3. The molecule has 0 aliphatic rings. The summed E-state index contributed by atoms with van der Waals surface area (Å²) in [6, 6.07) is 16.2. The number of aliphatic hydroxyl groups excluding tert-OH is 1. The topological polar surface area (TPSA) is 92.1 Å². The van der Waals surface area contributed by atoms with Gasteiger partial charge in [0.25, 0.3) is 0 Å². The monoisotopic (exact) mass is 337 g/mol. The molecule has 0 saturated carbocycles. The number of aromatic nitrogens is 3. The Hall–Kier alpha value is -3.19. The predicted molar refractivity (Wildman–Crippen MR) is 94.4 cm³/mol. The summed E-state index contributed by atoms with van der Waals surface area (Å²) in [6.45, 7) is -0.00852. The molecular weight excluding hydrogens is 318 g/mol. The number of urea groups is 1. The SMILES string of the molecule is O=C(Nc1ccc(-n2nccn2)cc1)N[C@H](CCO)c1ccccc1. The molecule has 25 heavy (non-hydrogen) atoms. The molecule has 0 unspecified atom stereocenters. The largest absolute Gasteiger partial charge is 0.396 e. The summed E-state index contributed by atoms with van der Waals surface area (Å²) in [6.07, 6.45) is 3.65. The number of benzene rings is 2. The number of nitrogens with one attached hydrogen (secondary N) is 2. The fourth-order valence-electron chi connectivity index (χ4n) is 2.49. The second kappa shape index (κ2) is 8.07. The van der Waals surface area contributed by atoms with Crippen LogP contribution in [0.15, 0.2) is 67.0 Å². The number of hydrogen-bond donors (Lipinski definition) is 3. The highest BCUT2D eigenvalue weighted by atomic mass is 16.3. The second-order valence-corrected chi connectivity index (χ2v) is 5.44. The zero-order chi connectivity index (χ0) is 17.5. The molecule has 7 heteroatoms. The molecule has 1 aromatic heterocycles. The van der Waals surface area contributed by atoms with Gasteiger partial charge in [-0.2, -0.15) is 15.0 Å². The van der Waals surface area contributed by atoms with Crippen LogP contribution in [0.4, 0.5) is 10.5 Å². The minimum atomic E-state index is -0.327. The van der Waals surface area contributed by atoms with E-state index >= 15 is 0 Å². The number of anilines is 1. The fraction of sp³-hybridized carbons (Fsp3) is 0.167. The zero-order valence-electron chi connectivity index (χ0n) is 13.5. The normalized spacial score (nSPS) is 11.7. The minimum Gasteiger partial charge on any atom is -0.396 e. The molecule has 0 aliphatic heterocycles. The molecule has 128 valence electrons.